The van der Waals surface area contributed by atoms with Crippen molar-refractivity contribution in [3.63, 3.8) is 0 Å². The van der Waals surface area contributed by atoms with Gasteiger partial charge < -0.3 is 0 Å². The van der Waals surface area contributed by atoms with Crippen LogP contribution in [0.5, 0.6) is 0 Å². The van der Waals surface area contributed by atoms with Crippen LogP contribution in [0.25, 0.3) is 0 Å². The van der Waals surface area contributed by atoms with E-state index in [1.54, 1.807) is 12.1 Å². The second-order valence-electron chi connectivity index (χ2n) is 1.75. The summed E-state index contributed by atoms with van der Waals surface area (Å²) in [6, 6.07) is 4.76. The van der Waals surface area contributed by atoms with Crippen LogP contribution in [0.4, 0.5) is 4.39 Å². The van der Waals surface area contributed by atoms with Crippen molar-refractivity contribution >= 4 is 29.6 Å². The number of halogens is 3. The standard InChI is InChI=1S/C7H5BrF.BrH.Zn/c1-5-2-3-6(8)7(9)4-5;;/h2-4H,1H2;1H;/q-1;;+2/p-1. The van der Waals surface area contributed by atoms with Crippen molar-refractivity contribution < 1.29 is 20.7 Å². The van der Waals surface area contributed by atoms with Gasteiger partial charge in [0.1, 0.15) is 0 Å². The summed E-state index contributed by atoms with van der Waals surface area (Å²) in [7, 11) is 0. The molecule has 0 aliphatic carbocycles. The Balaban J connectivity index is 0.000000461. The van der Waals surface area contributed by atoms with E-state index in [9.17, 15) is 4.39 Å². The van der Waals surface area contributed by atoms with E-state index < -0.39 is 0 Å². The van der Waals surface area contributed by atoms with Crippen molar-refractivity contribution in [1.29, 1.82) is 0 Å². The van der Waals surface area contributed by atoms with E-state index in [-0.39, 0.29) is 5.82 Å². The predicted octanol–water partition coefficient (Wildman–Crippen LogP) is 3.61. The van der Waals surface area contributed by atoms with Crippen LogP contribution in [0.15, 0.2) is 22.7 Å². The Bertz CT molecular complexity index is 228. The maximum atomic E-state index is 12.5. The molecule has 0 aliphatic heterocycles. The Kier molecular flexibility index (Phi) is 6.49. The maximum absolute atomic E-state index is 12.5. The SMILES string of the molecule is [CH2-]c1ccc(Br)c(F)c1.[Zn+][Br]. The molecule has 0 atom stereocenters. The van der Waals surface area contributed by atoms with E-state index in [1.165, 1.54) is 22.4 Å². The molecule has 0 heterocycles. The van der Waals surface area contributed by atoms with E-state index >= 15 is 0 Å². The third-order valence-corrected chi connectivity index (χ3v) is 1.63. The van der Waals surface area contributed by atoms with Gasteiger partial charge in [0.15, 0.2) is 0 Å². The van der Waals surface area contributed by atoms with Crippen molar-refractivity contribution in [3.8, 4) is 0 Å². The van der Waals surface area contributed by atoms with E-state index in [0.717, 1.165) is 0 Å². The Hall–Kier alpha value is 0.603. The van der Waals surface area contributed by atoms with Crippen molar-refractivity contribution in [2.45, 2.75) is 0 Å². The van der Waals surface area contributed by atoms with Crippen LogP contribution < -0.4 is 0 Å². The third-order valence-electron chi connectivity index (χ3n) is 0.984. The van der Waals surface area contributed by atoms with Crippen molar-refractivity contribution in [2.75, 3.05) is 0 Å². The molecule has 0 nitrogen and oxygen atoms in total. The predicted molar refractivity (Wildman–Crippen MR) is 47.5 cm³/mol. The van der Waals surface area contributed by atoms with Crippen LogP contribution in [0.3, 0.4) is 0 Å². The quantitative estimate of drug-likeness (QED) is 0.503. The normalized spacial score (nSPS) is 8.45. The zero-order valence-electron chi connectivity index (χ0n) is 5.78. The molecule has 0 aromatic heterocycles. The number of hydrogen-bond acceptors (Lipinski definition) is 0. The van der Waals surface area contributed by atoms with E-state index in [2.05, 4.69) is 36.5 Å². The molecule has 1 aromatic rings. The fourth-order valence-electron chi connectivity index (χ4n) is 0.540. The number of hydrogen-bond donors (Lipinski definition) is 0. The summed E-state index contributed by atoms with van der Waals surface area (Å²) >= 11 is 7.28. The number of benzene rings is 1. The molecule has 0 N–H and O–H groups in total. The molecule has 0 bridgehead atoms. The first kappa shape index (κ1) is 11.6. The van der Waals surface area contributed by atoms with E-state index in [0.29, 0.717) is 10.0 Å². The summed E-state index contributed by atoms with van der Waals surface area (Å²) in [5, 5.41) is 0. The zero-order chi connectivity index (χ0) is 8.85. The second kappa shape index (κ2) is 6.16. The molecule has 4 heteroatoms. The Morgan fingerprint density at radius 2 is 1.91 bits per heavy atom. The average molecular weight is 333 g/mol. The second-order valence-corrected chi connectivity index (χ2v) is 2.60. The van der Waals surface area contributed by atoms with Gasteiger partial charge in [0.2, 0.25) is 0 Å². The van der Waals surface area contributed by atoms with Crippen LogP contribution in [-0.2, 0) is 16.3 Å². The van der Waals surface area contributed by atoms with Gasteiger partial charge in [-0.3, -0.25) is 0 Å². The average Bonchev–Trinajstić information content (AvgIpc) is 2.02. The van der Waals surface area contributed by atoms with Gasteiger partial charge in [-0.15, -0.1) is 12.1 Å². The van der Waals surface area contributed by atoms with Crippen LogP contribution in [0.2, 0.25) is 0 Å². The first-order chi connectivity index (χ1) is 5.20. The minimum atomic E-state index is -0.262. The van der Waals surface area contributed by atoms with Crippen LogP contribution in [0.1, 0.15) is 5.56 Å². The summed E-state index contributed by atoms with van der Waals surface area (Å²) in [4.78, 5) is 0. The third kappa shape index (κ3) is 4.24. The van der Waals surface area contributed by atoms with Gasteiger partial charge in [-0.05, 0) is 0 Å². The molecule has 0 unspecified atom stereocenters. The van der Waals surface area contributed by atoms with Crippen LogP contribution in [-0.4, -0.2) is 0 Å². The molecule has 0 radical (unpaired) electrons. The molecule has 1 rings (SSSR count). The van der Waals surface area contributed by atoms with Gasteiger partial charge in [0.25, 0.3) is 0 Å². The summed E-state index contributed by atoms with van der Waals surface area (Å²) in [5.74, 6) is -0.262. The first-order valence-corrected chi connectivity index (χ1v) is 10.5. The van der Waals surface area contributed by atoms with Gasteiger partial charge >= 0.3 is 30.0 Å². The summed E-state index contributed by atoms with van der Waals surface area (Å²) in [6.45, 7) is 3.56. The molecule has 0 saturated carbocycles. The fraction of sp³-hybridized carbons (Fsp3) is 0. The summed E-state index contributed by atoms with van der Waals surface area (Å²) in [5.41, 5.74) is 0.690. The van der Waals surface area contributed by atoms with Crippen molar-refractivity contribution in [2.24, 2.45) is 0 Å². The van der Waals surface area contributed by atoms with Crippen molar-refractivity contribution in [3.05, 3.63) is 41.0 Å². The number of rotatable bonds is 0. The Morgan fingerprint density at radius 1 is 1.36 bits per heavy atom. The van der Waals surface area contributed by atoms with Crippen LogP contribution in [0, 0.1) is 12.7 Å². The van der Waals surface area contributed by atoms with Crippen LogP contribution >= 0.6 is 29.6 Å². The molecular formula is C7H5Br2FZn. The first-order valence-electron chi connectivity index (χ1n) is 2.74. The molecule has 1 aromatic carbocycles. The van der Waals surface area contributed by atoms with E-state index in [4.69, 9.17) is 0 Å². The Morgan fingerprint density at radius 3 is 2.27 bits per heavy atom. The minimum absolute atomic E-state index is 0.262. The molecule has 0 aliphatic rings. The monoisotopic (exact) mass is 330 g/mol. The molecule has 0 saturated heterocycles. The summed E-state index contributed by atoms with van der Waals surface area (Å²) < 4.78 is 13.0. The van der Waals surface area contributed by atoms with Crippen molar-refractivity contribution in [1.82, 2.24) is 0 Å². The molecule has 11 heavy (non-hydrogen) atoms. The molecule has 0 amide bonds. The fourth-order valence-corrected chi connectivity index (χ4v) is 0.786. The molecular weight excluding hydrogens is 328 g/mol. The summed E-state index contributed by atoms with van der Waals surface area (Å²) in [6.07, 6.45) is 0. The molecule has 56 valence electrons. The van der Waals surface area contributed by atoms with Gasteiger partial charge in [0.05, 0.1) is 5.82 Å². The molecule has 0 spiro atoms. The van der Waals surface area contributed by atoms with Gasteiger partial charge in [-0.2, -0.15) is 18.6 Å². The Labute approximate surface area is 90.7 Å². The van der Waals surface area contributed by atoms with Gasteiger partial charge in [-0.1, -0.05) is 15.9 Å². The van der Waals surface area contributed by atoms with Gasteiger partial charge in [-0.25, -0.2) is 4.39 Å². The zero-order valence-corrected chi connectivity index (χ0v) is 11.9. The van der Waals surface area contributed by atoms with E-state index in [1.807, 2.05) is 0 Å². The van der Waals surface area contributed by atoms with Gasteiger partial charge in [0, 0.05) is 4.47 Å². The molecule has 0 fully saturated rings. The topological polar surface area (TPSA) is 0 Å².